The summed E-state index contributed by atoms with van der Waals surface area (Å²) in [5.74, 6) is 1.73. The van der Waals surface area contributed by atoms with Gasteiger partial charge in [-0.3, -0.25) is 4.79 Å². The normalized spacial score (nSPS) is 27.9. The van der Waals surface area contributed by atoms with E-state index in [2.05, 4.69) is 18.7 Å². The maximum atomic E-state index is 12.1. The topological polar surface area (TPSA) is 46.3 Å². The number of thioether (sulfide) groups is 1. The van der Waals surface area contributed by atoms with Crippen LogP contribution >= 0.6 is 11.8 Å². The van der Waals surface area contributed by atoms with Crippen molar-refractivity contribution in [3.05, 3.63) is 0 Å². The van der Waals surface area contributed by atoms with Crippen LogP contribution in [0.3, 0.4) is 0 Å². The number of amides is 1. The third-order valence-corrected chi connectivity index (χ3v) is 4.30. The monoisotopic (exact) mass is 244 g/mol. The number of likely N-dealkylation sites (tertiary alicyclic amines) is 1. The first kappa shape index (κ1) is 13.8. The molecule has 3 atom stereocenters. The van der Waals surface area contributed by atoms with E-state index in [0.29, 0.717) is 17.8 Å². The molecule has 0 aromatic heterocycles. The number of hydrogen-bond donors (Lipinski definition) is 1. The van der Waals surface area contributed by atoms with Crippen LogP contribution in [0.2, 0.25) is 0 Å². The Morgan fingerprint density at radius 2 is 2.00 bits per heavy atom. The van der Waals surface area contributed by atoms with Crippen molar-refractivity contribution >= 4 is 17.7 Å². The Morgan fingerprint density at radius 3 is 2.50 bits per heavy atom. The summed E-state index contributed by atoms with van der Waals surface area (Å²) in [5.41, 5.74) is 5.67. The van der Waals surface area contributed by atoms with Gasteiger partial charge in [-0.25, -0.2) is 0 Å². The zero-order valence-electron chi connectivity index (χ0n) is 10.6. The molecular formula is C12H24N2OS. The number of carbonyl (C=O) groups is 1. The Balaban J connectivity index is 2.39. The van der Waals surface area contributed by atoms with Crippen LogP contribution in [0.15, 0.2) is 0 Å². The van der Waals surface area contributed by atoms with E-state index >= 15 is 0 Å². The molecule has 0 aromatic carbocycles. The van der Waals surface area contributed by atoms with Gasteiger partial charge < -0.3 is 10.6 Å². The number of carbonyl (C=O) groups excluding carboxylic acids is 1. The van der Waals surface area contributed by atoms with Gasteiger partial charge >= 0.3 is 0 Å². The largest absolute Gasteiger partial charge is 0.337 e. The van der Waals surface area contributed by atoms with Crippen molar-refractivity contribution in [3.8, 4) is 0 Å². The first-order valence-corrected chi connectivity index (χ1v) is 7.32. The van der Waals surface area contributed by atoms with Crippen molar-refractivity contribution < 1.29 is 4.79 Å². The summed E-state index contributed by atoms with van der Waals surface area (Å²) in [7, 11) is 0. The fraction of sp³-hybridized carbons (Fsp3) is 0.917. The SMILES string of the molecule is CC(N)CSCC(=O)N1C(C)CCCC1C. The molecule has 0 bridgehead atoms. The second-order valence-electron chi connectivity index (χ2n) is 4.92. The van der Waals surface area contributed by atoms with Crippen LogP contribution in [0, 0.1) is 0 Å². The predicted octanol–water partition coefficient (Wildman–Crippen LogP) is 1.86. The van der Waals surface area contributed by atoms with Crippen LogP contribution < -0.4 is 5.73 Å². The van der Waals surface area contributed by atoms with Gasteiger partial charge in [0.2, 0.25) is 5.91 Å². The van der Waals surface area contributed by atoms with Crippen LogP contribution in [0.1, 0.15) is 40.0 Å². The lowest BCUT2D eigenvalue weighted by atomic mass is 9.98. The fourth-order valence-electron chi connectivity index (χ4n) is 2.32. The molecule has 1 fully saturated rings. The first-order valence-electron chi connectivity index (χ1n) is 6.17. The van der Waals surface area contributed by atoms with Crippen molar-refractivity contribution in [1.29, 1.82) is 0 Å². The van der Waals surface area contributed by atoms with E-state index < -0.39 is 0 Å². The molecule has 16 heavy (non-hydrogen) atoms. The molecule has 1 amide bonds. The Morgan fingerprint density at radius 1 is 1.44 bits per heavy atom. The van der Waals surface area contributed by atoms with Crippen LogP contribution in [-0.4, -0.2) is 40.4 Å². The number of hydrogen-bond acceptors (Lipinski definition) is 3. The minimum absolute atomic E-state index is 0.175. The summed E-state index contributed by atoms with van der Waals surface area (Å²) >= 11 is 1.65. The second-order valence-corrected chi connectivity index (χ2v) is 5.95. The molecule has 3 nitrogen and oxygen atoms in total. The molecule has 1 aliphatic rings. The van der Waals surface area contributed by atoms with Crippen LogP contribution in [-0.2, 0) is 4.79 Å². The lowest BCUT2D eigenvalue weighted by Crippen LogP contribution is -2.48. The van der Waals surface area contributed by atoms with Crippen molar-refractivity contribution in [3.63, 3.8) is 0 Å². The van der Waals surface area contributed by atoms with Gasteiger partial charge in [0.05, 0.1) is 5.75 Å². The number of nitrogens with two attached hydrogens (primary N) is 1. The van der Waals surface area contributed by atoms with E-state index in [-0.39, 0.29) is 11.9 Å². The van der Waals surface area contributed by atoms with Crippen molar-refractivity contribution in [2.24, 2.45) is 5.73 Å². The van der Waals surface area contributed by atoms with E-state index in [0.717, 1.165) is 18.6 Å². The molecule has 0 saturated carbocycles. The fourth-order valence-corrected chi connectivity index (χ4v) is 3.13. The van der Waals surface area contributed by atoms with E-state index in [9.17, 15) is 4.79 Å². The third kappa shape index (κ3) is 3.98. The Labute approximate surface area is 103 Å². The van der Waals surface area contributed by atoms with E-state index in [1.54, 1.807) is 11.8 Å². The molecule has 1 aliphatic heterocycles. The molecule has 0 aromatic rings. The van der Waals surface area contributed by atoms with Gasteiger partial charge in [0, 0.05) is 23.9 Å². The molecule has 0 radical (unpaired) electrons. The number of rotatable bonds is 4. The molecule has 4 heteroatoms. The highest BCUT2D eigenvalue weighted by molar-refractivity contribution is 7.99. The molecule has 94 valence electrons. The van der Waals surface area contributed by atoms with Gasteiger partial charge in [-0.05, 0) is 40.0 Å². The van der Waals surface area contributed by atoms with Gasteiger partial charge in [0.25, 0.3) is 0 Å². The molecule has 3 unspecified atom stereocenters. The minimum Gasteiger partial charge on any atom is -0.337 e. The highest BCUT2D eigenvalue weighted by atomic mass is 32.2. The zero-order valence-corrected chi connectivity index (χ0v) is 11.4. The molecule has 2 N–H and O–H groups in total. The Kier molecular flexibility index (Phi) is 5.62. The van der Waals surface area contributed by atoms with E-state index in [1.165, 1.54) is 6.42 Å². The highest BCUT2D eigenvalue weighted by Gasteiger charge is 2.28. The molecule has 1 heterocycles. The maximum absolute atomic E-state index is 12.1. The zero-order chi connectivity index (χ0) is 12.1. The summed E-state index contributed by atoms with van der Waals surface area (Å²) < 4.78 is 0. The van der Waals surface area contributed by atoms with Gasteiger partial charge in [0.15, 0.2) is 0 Å². The quantitative estimate of drug-likeness (QED) is 0.821. The van der Waals surface area contributed by atoms with Crippen molar-refractivity contribution in [1.82, 2.24) is 4.90 Å². The average molecular weight is 244 g/mol. The Bertz CT molecular complexity index is 223. The lowest BCUT2D eigenvalue weighted by molar-refractivity contribution is -0.134. The third-order valence-electron chi connectivity index (χ3n) is 3.09. The van der Waals surface area contributed by atoms with Crippen molar-refractivity contribution in [2.45, 2.75) is 58.2 Å². The summed E-state index contributed by atoms with van der Waals surface area (Å²) in [5, 5.41) is 0. The Hall–Kier alpha value is -0.220. The smallest absolute Gasteiger partial charge is 0.233 e. The van der Waals surface area contributed by atoms with E-state index in [4.69, 9.17) is 5.73 Å². The van der Waals surface area contributed by atoms with Gasteiger partial charge in [-0.15, -0.1) is 0 Å². The summed E-state index contributed by atoms with van der Waals surface area (Å²) in [4.78, 5) is 14.1. The van der Waals surface area contributed by atoms with Crippen LogP contribution in [0.25, 0.3) is 0 Å². The number of piperidine rings is 1. The van der Waals surface area contributed by atoms with Gasteiger partial charge in [-0.1, -0.05) is 0 Å². The average Bonchev–Trinajstić information content (AvgIpc) is 2.16. The van der Waals surface area contributed by atoms with Crippen LogP contribution in [0.5, 0.6) is 0 Å². The summed E-state index contributed by atoms with van der Waals surface area (Å²) in [6.07, 6.45) is 3.54. The molecular weight excluding hydrogens is 220 g/mol. The summed E-state index contributed by atoms with van der Waals surface area (Å²) in [6, 6.07) is 0.994. The molecule has 0 aliphatic carbocycles. The lowest BCUT2D eigenvalue weighted by Gasteiger charge is -2.39. The molecule has 0 spiro atoms. The second kappa shape index (κ2) is 6.50. The standard InChI is InChI=1S/C12H24N2OS/c1-9(13)7-16-8-12(15)14-10(2)5-4-6-11(14)3/h9-11H,4-8,13H2,1-3H3. The molecule has 1 rings (SSSR count). The van der Waals surface area contributed by atoms with Gasteiger partial charge in [-0.2, -0.15) is 11.8 Å². The first-order chi connectivity index (χ1) is 7.52. The van der Waals surface area contributed by atoms with Crippen LogP contribution in [0.4, 0.5) is 0 Å². The highest BCUT2D eigenvalue weighted by Crippen LogP contribution is 2.23. The molecule has 1 saturated heterocycles. The summed E-state index contributed by atoms with van der Waals surface area (Å²) in [6.45, 7) is 6.29. The number of nitrogens with zero attached hydrogens (tertiary/aromatic N) is 1. The minimum atomic E-state index is 0.175. The predicted molar refractivity (Wildman–Crippen MR) is 70.6 cm³/mol. The van der Waals surface area contributed by atoms with Gasteiger partial charge in [0.1, 0.15) is 0 Å². The van der Waals surface area contributed by atoms with Crippen molar-refractivity contribution in [2.75, 3.05) is 11.5 Å². The maximum Gasteiger partial charge on any atom is 0.233 e. The van der Waals surface area contributed by atoms with E-state index in [1.807, 2.05) is 6.92 Å².